The van der Waals surface area contributed by atoms with Gasteiger partial charge in [0, 0.05) is 19.3 Å². The highest BCUT2D eigenvalue weighted by Crippen LogP contribution is 2.24. The van der Waals surface area contributed by atoms with Gasteiger partial charge in [-0.25, -0.2) is 4.98 Å². The monoisotopic (exact) mass is 299 g/mol. The minimum atomic E-state index is 0.133. The number of imidazole rings is 1. The number of hydrogen-bond acceptors (Lipinski definition) is 2. The van der Waals surface area contributed by atoms with Gasteiger partial charge in [0.2, 0.25) is 0 Å². The van der Waals surface area contributed by atoms with Crippen LogP contribution >= 0.6 is 0 Å². The fraction of sp³-hybridized carbons (Fsp3) is 0.556. The van der Waals surface area contributed by atoms with Crippen LogP contribution < -0.4 is 0 Å². The molecule has 2 aromatic heterocycles. The van der Waals surface area contributed by atoms with Crippen LogP contribution in [0.1, 0.15) is 48.9 Å². The summed E-state index contributed by atoms with van der Waals surface area (Å²) in [5.41, 5.74) is 3.66. The molecule has 2 unspecified atom stereocenters. The topological polar surface area (TPSA) is 37.6 Å². The molecule has 22 heavy (non-hydrogen) atoms. The minimum absolute atomic E-state index is 0.133. The van der Waals surface area contributed by atoms with Crippen LogP contribution in [0.4, 0.5) is 0 Å². The second-order valence-corrected chi connectivity index (χ2v) is 6.85. The van der Waals surface area contributed by atoms with Crippen LogP contribution in [0, 0.1) is 18.8 Å². The lowest BCUT2D eigenvalue weighted by molar-refractivity contribution is 0.0615. The van der Waals surface area contributed by atoms with Crippen molar-refractivity contribution in [2.75, 3.05) is 13.1 Å². The van der Waals surface area contributed by atoms with Gasteiger partial charge in [-0.05, 0) is 43.2 Å². The number of piperidine rings is 1. The van der Waals surface area contributed by atoms with E-state index in [2.05, 4.69) is 25.8 Å². The van der Waals surface area contributed by atoms with Gasteiger partial charge in [0.15, 0.2) is 0 Å². The van der Waals surface area contributed by atoms with E-state index >= 15 is 0 Å². The molecule has 1 aliphatic heterocycles. The third-order valence-corrected chi connectivity index (χ3v) is 4.53. The van der Waals surface area contributed by atoms with Crippen molar-refractivity contribution in [3.63, 3.8) is 0 Å². The number of hydrogen-bond donors (Lipinski definition) is 0. The molecule has 4 nitrogen and oxygen atoms in total. The molecule has 3 heterocycles. The Morgan fingerprint density at radius 1 is 1.27 bits per heavy atom. The van der Waals surface area contributed by atoms with E-state index in [-0.39, 0.29) is 5.91 Å². The number of aryl methyl sites for hydroxylation is 2. The zero-order valence-electron chi connectivity index (χ0n) is 14.0. The Morgan fingerprint density at radius 3 is 2.59 bits per heavy atom. The average Bonchev–Trinajstić information content (AvgIpc) is 2.83. The lowest BCUT2D eigenvalue weighted by Gasteiger charge is -2.35. The second-order valence-electron chi connectivity index (χ2n) is 6.85. The normalized spacial score (nSPS) is 22.3. The molecule has 0 aromatic carbocycles. The molecule has 0 saturated carbocycles. The molecule has 4 heteroatoms. The Labute approximate surface area is 132 Å². The molecule has 0 aliphatic carbocycles. The van der Waals surface area contributed by atoms with E-state index in [1.807, 2.05) is 34.6 Å². The summed E-state index contributed by atoms with van der Waals surface area (Å²) in [5, 5.41) is 0. The fourth-order valence-corrected chi connectivity index (χ4v) is 3.65. The first-order valence-electron chi connectivity index (χ1n) is 8.26. The third kappa shape index (κ3) is 2.62. The maximum Gasteiger partial charge on any atom is 0.272 e. The van der Waals surface area contributed by atoms with Crippen LogP contribution in [0.3, 0.4) is 0 Å². The molecule has 0 N–H and O–H groups in total. The summed E-state index contributed by atoms with van der Waals surface area (Å²) in [6.07, 6.45) is 4.00. The van der Waals surface area contributed by atoms with Gasteiger partial charge in [-0.2, -0.15) is 0 Å². The van der Waals surface area contributed by atoms with E-state index in [9.17, 15) is 4.79 Å². The van der Waals surface area contributed by atoms with Gasteiger partial charge in [0.1, 0.15) is 11.3 Å². The highest BCUT2D eigenvalue weighted by Gasteiger charge is 2.29. The van der Waals surface area contributed by atoms with Crippen molar-refractivity contribution < 1.29 is 4.79 Å². The molecule has 0 spiro atoms. The molecule has 0 radical (unpaired) electrons. The Balaban J connectivity index is 2.04. The lowest BCUT2D eigenvalue weighted by atomic mass is 9.91. The van der Waals surface area contributed by atoms with Gasteiger partial charge >= 0.3 is 0 Å². The predicted molar refractivity (Wildman–Crippen MR) is 88.2 cm³/mol. The molecule has 2 aromatic rings. The van der Waals surface area contributed by atoms with E-state index < -0.39 is 0 Å². The maximum atomic E-state index is 13.1. The molecule has 1 aliphatic rings. The van der Waals surface area contributed by atoms with E-state index in [1.165, 1.54) is 6.42 Å². The van der Waals surface area contributed by atoms with Crippen molar-refractivity contribution >= 4 is 11.6 Å². The van der Waals surface area contributed by atoms with Crippen LogP contribution in [0.2, 0.25) is 0 Å². The smallest absolute Gasteiger partial charge is 0.272 e. The number of rotatable bonds is 2. The summed E-state index contributed by atoms with van der Waals surface area (Å²) in [5.74, 6) is 1.27. The Hall–Kier alpha value is -1.84. The van der Waals surface area contributed by atoms with Crippen molar-refractivity contribution in [2.45, 2.75) is 40.5 Å². The highest BCUT2D eigenvalue weighted by atomic mass is 16.2. The van der Waals surface area contributed by atoms with Gasteiger partial charge in [0.25, 0.3) is 5.91 Å². The van der Waals surface area contributed by atoms with Crippen LogP contribution in [0.25, 0.3) is 5.65 Å². The number of amides is 1. The van der Waals surface area contributed by atoms with Gasteiger partial charge < -0.3 is 4.90 Å². The zero-order valence-corrected chi connectivity index (χ0v) is 14.0. The molecule has 118 valence electrons. The van der Waals surface area contributed by atoms with E-state index in [4.69, 9.17) is 0 Å². The summed E-state index contributed by atoms with van der Waals surface area (Å²) in [7, 11) is 0. The number of nitrogens with zero attached hydrogens (tertiary/aromatic N) is 3. The number of fused-ring (bicyclic) bond motifs is 1. The van der Waals surface area contributed by atoms with Gasteiger partial charge in [0.05, 0.1) is 5.69 Å². The third-order valence-electron chi connectivity index (χ3n) is 4.53. The Kier molecular flexibility index (Phi) is 3.94. The van der Waals surface area contributed by atoms with Crippen molar-refractivity contribution in [2.24, 2.45) is 11.8 Å². The van der Waals surface area contributed by atoms with Crippen molar-refractivity contribution in [3.8, 4) is 0 Å². The summed E-state index contributed by atoms with van der Waals surface area (Å²) >= 11 is 0. The molecule has 1 fully saturated rings. The fourth-order valence-electron chi connectivity index (χ4n) is 3.65. The summed E-state index contributed by atoms with van der Waals surface area (Å²) < 4.78 is 1.97. The average molecular weight is 299 g/mol. The quantitative estimate of drug-likeness (QED) is 0.853. The van der Waals surface area contributed by atoms with E-state index in [1.54, 1.807) is 0 Å². The van der Waals surface area contributed by atoms with E-state index in [0.29, 0.717) is 11.8 Å². The largest absolute Gasteiger partial charge is 0.337 e. The molecule has 1 saturated heterocycles. The Bertz CT molecular complexity index is 694. The molecular formula is C18H25N3O. The van der Waals surface area contributed by atoms with E-state index in [0.717, 1.165) is 42.1 Å². The zero-order chi connectivity index (χ0) is 15.9. The first-order valence-corrected chi connectivity index (χ1v) is 8.26. The number of pyridine rings is 1. The summed E-state index contributed by atoms with van der Waals surface area (Å²) in [6.45, 7) is 10.3. The van der Waals surface area contributed by atoms with Crippen LogP contribution in [-0.4, -0.2) is 33.3 Å². The van der Waals surface area contributed by atoms with Gasteiger partial charge in [-0.3, -0.25) is 9.20 Å². The first kappa shape index (κ1) is 15.1. The van der Waals surface area contributed by atoms with Crippen LogP contribution in [0.15, 0.2) is 18.3 Å². The van der Waals surface area contributed by atoms with Crippen LogP contribution in [-0.2, 0) is 6.42 Å². The number of carbonyl (C=O) groups excluding carboxylic acids is 1. The number of likely N-dealkylation sites (tertiary alicyclic amines) is 1. The maximum absolute atomic E-state index is 13.1. The van der Waals surface area contributed by atoms with Crippen molar-refractivity contribution in [1.29, 1.82) is 0 Å². The SMILES string of the molecule is CCc1nc2ccc(C)cn2c1C(=O)N1CC(C)CC(C)C1. The standard InChI is InChI=1S/C18H25N3O/c1-5-15-17(21-11-12(2)6-7-16(21)19-15)18(22)20-9-13(3)8-14(4)10-20/h6-7,11,13-14H,5,8-10H2,1-4H3. The number of carbonyl (C=O) groups is 1. The van der Waals surface area contributed by atoms with Gasteiger partial charge in [-0.1, -0.05) is 26.8 Å². The molecule has 0 bridgehead atoms. The molecule has 2 atom stereocenters. The summed E-state index contributed by atoms with van der Waals surface area (Å²) in [6, 6.07) is 4.04. The Morgan fingerprint density at radius 2 is 1.95 bits per heavy atom. The highest BCUT2D eigenvalue weighted by molar-refractivity contribution is 5.95. The van der Waals surface area contributed by atoms with Crippen molar-refractivity contribution in [3.05, 3.63) is 35.3 Å². The number of aromatic nitrogens is 2. The van der Waals surface area contributed by atoms with Crippen molar-refractivity contribution in [1.82, 2.24) is 14.3 Å². The molecular weight excluding hydrogens is 274 g/mol. The predicted octanol–water partition coefficient (Wildman–Crippen LogP) is 3.32. The first-order chi connectivity index (χ1) is 10.5. The van der Waals surface area contributed by atoms with Gasteiger partial charge in [-0.15, -0.1) is 0 Å². The molecule has 3 rings (SSSR count). The van der Waals surface area contributed by atoms with Crippen LogP contribution in [0.5, 0.6) is 0 Å². The second kappa shape index (κ2) is 5.75. The lowest BCUT2D eigenvalue weighted by Crippen LogP contribution is -2.43. The molecule has 1 amide bonds. The summed E-state index contributed by atoms with van der Waals surface area (Å²) in [4.78, 5) is 19.8. The minimum Gasteiger partial charge on any atom is -0.337 e.